The SMILES string of the molecule is COc1ccc(Cl)cc1N1C(=O)C(c2cccs2)=C(N(C)CCO)C1=O. The molecule has 2 amide bonds. The fourth-order valence-electron chi connectivity index (χ4n) is 2.83. The summed E-state index contributed by atoms with van der Waals surface area (Å²) in [5.41, 5.74) is 0.841. The summed E-state index contributed by atoms with van der Waals surface area (Å²) in [6, 6.07) is 8.37. The highest BCUT2D eigenvalue weighted by atomic mass is 35.5. The Morgan fingerprint density at radius 2 is 2.04 bits per heavy atom. The quantitative estimate of drug-likeness (QED) is 0.765. The van der Waals surface area contributed by atoms with Gasteiger partial charge in [0, 0.05) is 23.5 Å². The van der Waals surface area contributed by atoms with Crippen LogP contribution < -0.4 is 9.64 Å². The van der Waals surface area contributed by atoms with E-state index >= 15 is 0 Å². The molecule has 26 heavy (non-hydrogen) atoms. The van der Waals surface area contributed by atoms with Gasteiger partial charge in [0.25, 0.3) is 11.8 Å². The lowest BCUT2D eigenvalue weighted by atomic mass is 10.2. The highest BCUT2D eigenvalue weighted by Crippen LogP contribution is 2.40. The van der Waals surface area contributed by atoms with Crippen molar-refractivity contribution < 1.29 is 19.4 Å². The minimum Gasteiger partial charge on any atom is -0.495 e. The standard InChI is InChI=1S/C18H17ClN2O4S/c1-20(7-8-22)16-15(14-4-3-9-26-14)17(23)21(18(16)24)12-10-11(19)5-6-13(12)25-2/h3-6,9-10,22H,7-8H2,1-2H3. The van der Waals surface area contributed by atoms with E-state index in [-0.39, 0.29) is 24.5 Å². The van der Waals surface area contributed by atoms with Crippen molar-refractivity contribution in [3.63, 3.8) is 0 Å². The number of hydrogen-bond donors (Lipinski definition) is 1. The summed E-state index contributed by atoms with van der Waals surface area (Å²) in [5, 5.41) is 11.5. The molecule has 0 radical (unpaired) electrons. The Hall–Kier alpha value is -2.35. The highest BCUT2D eigenvalue weighted by Gasteiger charge is 2.43. The summed E-state index contributed by atoms with van der Waals surface area (Å²) < 4.78 is 5.30. The Morgan fingerprint density at radius 1 is 1.27 bits per heavy atom. The molecule has 0 fully saturated rings. The first-order valence-electron chi connectivity index (χ1n) is 7.82. The zero-order chi connectivity index (χ0) is 18.8. The van der Waals surface area contributed by atoms with Gasteiger partial charge >= 0.3 is 0 Å². The average molecular weight is 393 g/mol. The van der Waals surface area contributed by atoms with E-state index in [1.54, 1.807) is 30.1 Å². The molecule has 2 heterocycles. The lowest BCUT2D eigenvalue weighted by Gasteiger charge is -2.21. The fourth-order valence-corrected chi connectivity index (χ4v) is 3.76. The van der Waals surface area contributed by atoms with Gasteiger partial charge in [-0.3, -0.25) is 9.59 Å². The molecule has 3 rings (SSSR count). The van der Waals surface area contributed by atoms with Crippen molar-refractivity contribution in [1.82, 2.24) is 4.90 Å². The number of anilines is 1. The zero-order valence-corrected chi connectivity index (χ0v) is 15.8. The molecule has 8 heteroatoms. The van der Waals surface area contributed by atoms with Crippen molar-refractivity contribution in [3.8, 4) is 5.75 Å². The number of benzene rings is 1. The first kappa shape index (κ1) is 18.4. The number of ether oxygens (including phenoxy) is 1. The third-order valence-electron chi connectivity index (χ3n) is 4.03. The van der Waals surface area contributed by atoms with E-state index in [1.807, 2.05) is 11.4 Å². The van der Waals surface area contributed by atoms with Gasteiger partial charge in [-0.25, -0.2) is 4.90 Å². The largest absolute Gasteiger partial charge is 0.495 e. The predicted octanol–water partition coefficient (Wildman–Crippen LogP) is 2.62. The fraction of sp³-hybridized carbons (Fsp3) is 0.222. The van der Waals surface area contributed by atoms with E-state index in [9.17, 15) is 14.7 Å². The Kier molecular flexibility index (Phi) is 5.31. The van der Waals surface area contributed by atoms with Crippen LogP contribution in [0.2, 0.25) is 5.02 Å². The van der Waals surface area contributed by atoms with Gasteiger partial charge in [-0.05, 0) is 29.6 Å². The second kappa shape index (κ2) is 7.49. The molecule has 0 bridgehead atoms. The van der Waals surface area contributed by atoms with Gasteiger partial charge in [0.05, 0.1) is 25.0 Å². The van der Waals surface area contributed by atoms with Crippen LogP contribution in [0.15, 0.2) is 41.4 Å². The number of hydrogen-bond acceptors (Lipinski definition) is 6. The summed E-state index contributed by atoms with van der Waals surface area (Å²) >= 11 is 7.44. The molecule has 0 aliphatic carbocycles. The summed E-state index contributed by atoms with van der Waals surface area (Å²) in [6.07, 6.45) is 0. The summed E-state index contributed by atoms with van der Waals surface area (Å²) in [6.45, 7) is 0.0867. The first-order chi connectivity index (χ1) is 12.5. The zero-order valence-electron chi connectivity index (χ0n) is 14.2. The molecular weight excluding hydrogens is 376 g/mol. The number of aliphatic hydroxyl groups is 1. The van der Waals surface area contributed by atoms with Crippen LogP contribution in [0.25, 0.3) is 5.57 Å². The molecule has 1 aromatic heterocycles. The number of imide groups is 1. The van der Waals surface area contributed by atoms with E-state index in [0.717, 1.165) is 4.90 Å². The number of rotatable bonds is 6. The number of aliphatic hydroxyl groups excluding tert-OH is 1. The Labute approximate surface area is 159 Å². The molecule has 2 aromatic rings. The van der Waals surface area contributed by atoms with Crippen molar-refractivity contribution in [1.29, 1.82) is 0 Å². The molecule has 1 N–H and O–H groups in total. The van der Waals surface area contributed by atoms with Crippen LogP contribution in [0.5, 0.6) is 5.75 Å². The van der Waals surface area contributed by atoms with Gasteiger partial charge < -0.3 is 14.7 Å². The number of likely N-dealkylation sites (N-methyl/N-ethyl adjacent to an activating group) is 1. The second-order valence-electron chi connectivity index (χ2n) is 5.61. The minimum absolute atomic E-state index is 0.139. The summed E-state index contributed by atoms with van der Waals surface area (Å²) in [4.78, 5) is 29.7. The molecule has 6 nitrogen and oxygen atoms in total. The molecule has 1 aliphatic heterocycles. The van der Waals surface area contributed by atoms with Gasteiger partial charge in [-0.15, -0.1) is 11.3 Å². The second-order valence-corrected chi connectivity index (χ2v) is 6.99. The minimum atomic E-state index is -0.477. The third kappa shape index (κ3) is 3.09. The normalized spacial score (nSPS) is 14.4. The number of nitrogens with zero attached hydrogens (tertiary/aromatic N) is 2. The molecule has 0 spiro atoms. The van der Waals surface area contributed by atoms with Crippen molar-refractivity contribution in [2.45, 2.75) is 0 Å². The van der Waals surface area contributed by atoms with Crippen LogP contribution >= 0.6 is 22.9 Å². The van der Waals surface area contributed by atoms with E-state index in [4.69, 9.17) is 16.3 Å². The maximum absolute atomic E-state index is 13.2. The van der Waals surface area contributed by atoms with Crippen LogP contribution in [0.3, 0.4) is 0 Å². The Bertz CT molecular complexity index is 879. The molecular formula is C18H17ClN2O4S. The van der Waals surface area contributed by atoms with E-state index in [1.165, 1.54) is 24.5 Å². The third-order valence-corrected chi connectivity index (χ3v) is 5.15. The van der Waals surface area contributed by atoms with Gasteiger partial charge in [0.2, 0.25) is 0 Å². The predicted molar refractivity (Wildman–Crippen MR) is 101 cm³/mol. The van der Waals surface area contributed by atoms with E-state index in [2.05, 4.69) is 0 Å². The first-order valence-corrected chi connectivity index (χ1v) is 9.07. The smallest absolute Gasteiger partial charge is 0.282 e. The topological polar surface area (TPSA) is 70.1 Å². The number of methoxy groups -OCH3 is 1. The molecule has 0 saturated carbocycles. The maximum atomic E-state index is 13.2. The average Bonchev–Trinajstić information content (AvgIpc) is 3.21. The van der Waals surface area contributed by atoms with Crippen LogP contribution in [0.4, 0.5) is 5.69 Å². The van der Waals surface area contributed by atoms with Crippen molar-refractivity contribution in [2.75, 3.05) is 32.2 Å². The van der Waals surface area contributed by atoms with Crippen molar-refractivity contribution in [3.05, 3.63) is 51.3 Å². The van der Waals surface area contributed by atoms with Gasteiger partial charge in [-0.1, -0.05) is 17.7 Å². The monoisotopic (exact) mass is 392 g/mol. The molecule has 0 unspecified atom stereocenters. The van der Waals surface area contributed by atoms with Crippen molar-refractivity contribution >= 4 is 46.0 Å². The van der Waals surface area contributed by atoms with E-state index < -0.39 is 11.8 Å². The number of thiophene rings is 1. The van der Waals surface area contributed by atoms with Gasteiger partial charge in [0.15, 0.2) is 0 Å². The van der Waals surface area contributed by atoms with Gasteiger partial charge in [0.1, 0.15) is 11.4 Å². The number of amides is 2. The molecule has 0 atom stereocenters. The lowest BCUT2D eigenvalue weighted by molar-refractivity contribution is -0.120. The molecule has 1 aliphatic rings. The number of carbonyl (C=O) groups excluding carboxylic acids is 2. The molecule has 1 aromatic carbocycles. The summed E-state index contributed by atoms with van der Waals surface area (Å²) in [7, 11) is 3.13. The molecule has 0 saturated heterocycles. The van der Waals surface area contributed by atoms with Crippen molar-refractivity contribution in [2.24, 2.45) is 0 Å². The van der Waals surface area contributed by atoms with Crippen LogP contribution in [-0.2, 0) is 9.59 Å². The Morgan fingerprint density at radius 3 is 2.65 bits per heavy atom. The molecule has 136 valence electrons. The highest BCUT2D eigenvalue weighted by molar-refractivity contribution is 7.11. The van der Waals surface area contributed by atoms with Crippen LogP contribution in [0.1, 0.15) is 4.88 Å². The lowest BCUT2D eigenvalue weighted by Crippen LogP contribution is -2.35. The Balaban J connectivity index is 2.15. The van der Waals surface area contributed by atoms with Crippen LogP contribution in [-0.4, -0.2) is 49.1 Å². The summed E-state index contributed by atoms with van der Waals surface area (Å²) in [5.74, 6) is -0.555. The number of carbonyl (C=O) groups is 2. The van der Waals surface area contributed by atoms with Gasteiger partial charge in [-0.2, -0.15) is 0 Å². The maximum Gasteiger partial charge on any atom is 0.282 e. The number of halogens is 1. The van der Waals surface area contributed by atoms with Crippen LogP contribution in [0, 0.1) is 0 Å². The van der Waals surface area contributed by atoms with E-state index in [0.29, 0.717) is 21.2 Å².